The lowest BCUT2D eigenvalue weighted by Gasteiger charge is -2.19. The molecule has 4 heterocycles. The van der Waals surface area contributed by atoms with Crippen molar-refractivity contribution in [2.75, 3.05) is 26.2 Å². The molecule has 9 nitrogen and oxygen atoms in total. The topological polar surface area (TPSA) is 129 Å². The van der Waals surface area contributed by atoms with Crippen LogP contribution in [-0.2, 0) is 20.9 Å². The molecule has 0 unspecified atom stereocenters. The van der Waals surface area contributed by atoms with E-state index in [0.29, 0.717) is 18.4 Å². The molecule has 3 atom stereocenters. The van der Waals surface area contributed by atoms with E-state index in [1.807, 2.05) is 29.8 Å². The van der Waals surface area contributed by atoms with Gasteiger partial charge in [0.1, 0.15) is 0 Å². The minimum atomic E-state index is -5.08. The molecular weight excluding hydrogens is 560 g/mol. The summed E-state index contributed by atoms with van der Waals surface area (Å²) in [5.41, 5.74) is 2.92. The molecule has 0 aromatic carbocycles. The maximum atomic E-state index is 12.1. The van der Waals surface area contributed by atoms with Crippen LogP contribution in [0.3, 0.4) is 0 Å². The summed E-state index contributed by atoms with van der Waals surface area (Å²) >= 11 is 1.55. The Morgan fingerprint density at radius 2 is 1.69 bits per heavy atom. The van der Waals surface area contributed by atoms with Gasteiger partial charge in [-0.05, 0) is 30.5 Å². The Balaban J connectivity index is 0.000000317. The third kappa shape index (κ3) is 10.4. The van der Waals surface area contributed by atoms with Crippen molar-refractivity contribution in [3.63, 3.8) is 0 Å². The highest BCUT2D eigenvalue weighted by molar-refractivity contribution is 7.08. The number of carboxylic acid groups (broad SMARTS) is 2. The molecule has 0 aliphatic carbocycles. The molecule has 2 aliphatic rings. The number of ether oxygens (including phenoxy) is 1. The van der Waals surface area contributed by atoms with Gasteiger partial charge in [-0.2, -0.15) is 37.7 Å². The normalized spacial score (nSPS) is 20.6. The Kier molecular flexibility index (Phi) is 11.2. The third-order valence-electron chi connectivity index (χ3n) is 5.64. The number of hydrogen-bond acceptors (Lipinski definition) is 7. The molecule has 0 bridgehead atoms. The van der Waals surface area contributed by atoms with Gasteiger partial charge in [-0.25, -0.2) is 9.59 Å². The molecule has 2 saturated heterocycles. The van der Waals surface area contributed by atoms with Crippen molar-refractivity contribution in [2.24, 2.45) is 11.8 Å². The Morgan fingerprint density at radius 1 is 1.08 bits per heavy atom. The van der Waals surface area contributed by atoms with Crippen LogP contribution < -0.4 is 5.32 Å². The Morgan fingerprint density at radius 3 is 2.21 bits per heavy atom. The molecule has 3 N–H and O–H groups in total. The van der Waals surface area contributed by atoms with E-state index in [1.54, 1.807) is 11.3 Å². The van der Waals surface area contributed by atoms with Crippen LogP contribution in [0.2, 0.25) is 0 Å². The number of aromatic nitrogens is 1. The average Bonchev–Trinajstić information content (AvgIpc) is 3.55. The maximum absolute atomic E-state index is 12.1. The number of fused-ring (bicyclic) bond motifs is 1. The summed E-state index contributed by atoms with van der Waals surface area (Å²) in [5.74, 6) is -4.61. The van der Waals surface area contributed by atoms with E-state index >= 15 is 0 Å². The van der Waals surface area contributed by atoms with Crippen molar-refractivity contribution in [1.29, 1.82) is 0 Å². The summed E-state index contributed by atoms with van der Waals surface area (Å²) in [6, 6.07) is 8.03. The predicted octanol–water partition coefficient (Wildman–Crippen LogP) is 3.59. The second kappa shape index (κ2) is 13.7. The number of carbonyl (C=O) groups excluding carboxylic acids is 1. The second-order valence-corrected chi connectivity index (χ2v) is 9.37. The molecule has 4 rings (SSSR count). The SMILES string of the molecule is Cc1cccc(CN2C[C@@H]3[C@@H](CNC(=O)c4ccsc4)CO[C@@H]3C2)n1.O=C(O)C(F)(F)F.O=C(O)C(F)(F)F. The van der Waals surface area contributed by atoms with Gasteiger partial charge >= 0.3 is 24.3 Å². The number of halogens is 6. The van der Waals surface area contributed by atoms with Crippen LogP contribution in [0, 0.1) is 18.8 Å². The van der Waals surface area contributed by atoms with E-state index in [1.165, 1.54) is 0 Å². The molecule has 39 heavy (non-hydrogen) atoms. The number of carboxylic acids is 2. The quantitative estimate of drug-likeness (QED) is 0.455. The number of hydrogen-bond donors (Lipinski definition) is 3. The largest absolute Gasteiger partial charge is 0.490 e. The lowest BCUT2D eigenvalue weighted by atomic mass is 9.93. The van der Waals surface area contributed by atoms with Gasteiger partial charge in [0, 0.05) is 54.7 Å². The first-order valence-electron chi connectivity index (χ1n) is 11.2. The zero-order valence-corrected chi connectivity index (χ0v) is 21.1. The van der Waals surface area contributed by atoms with Crippen LogP contribution in [-0.4, -0.2) is 82.6 Å². The molecule has 2 fully saturated rings. The van der Waals surface area contributed by atoms with E-state index in [2.05, 4.69) is 27.3 Å². The van der Waals surface area contributed by atoms with Crippen LogP contribution in [0.4, 0.5) is 26.3 Å². The lowest BCUT2D eigenvalue weighted by Crippen LogP contribution is -2.34. The minimum absolute atomic E-state index is 0.0171. The number of nitrogens with zero attached hydrogens (tertiary/aromatic N) is 2. The summed E-state index contributed by atoms with van der Waals surface area (Å²) in [5, 5.41) is 21.1. The number of aliphatic carboxylic acids is 2. The van der Waals surface area contributed by atoms with Gasteiger partial charge in [0.25, 0.3) is 5.91 Å². The highest BCUT2D eigenvalue weighted by Crippen LogP contribution is 2.34. The van der Waals surface area contributed by atoms with Crippen molar-refractivity contribution in [1.82, 2.24) is 15.2 Å². The molecule has 0 radical (unpaired) electrons. The van der Waals surface area contributed by atoms with E-state index in [9.17, 15) is 31.1 Å². The standard InChI is InChI=1S/C19H23N3O2S.2C2HF3O2/c1-13-3-2-4-16(21-13)8-22-9-17-15(11-24-18(17)10-22)7-20-19(23)14-5-6-25-12-14;2*3-2(4,5)1(6)7/h2-6,12,15,17-18H,7-11H2,1H3,(H,20,23);2*(H,6,7)/t15-,17+,18+;;/m0../s1. The van der Waals surface area contributed by atoms with E-state index in [0.717, 1.165) is 43.2 Å². The first-order chi connectivity index (χ1) is 18.1. The van der Waals surface area contributed by atoms with Gasteiger partial charge in [-0.15, -0.1) is 0 Å². The Hall–Kier alpha value is -3.24. The number of nitrogens with one attached hydrogen (secondary N) is 1. The van der Waals surface area contributed by atoms with Gasteiger partial charge in [0.05, 0.1) is 18.4 Å². The van der Waals surface area contributed by atoms with E-state index in [4.69, 9.17) is 24.5 Å². The molecule has 0 saturated carbocycles. The van der Waals surface area contributed by atoms with Crippen LogP contribution in [0.1, 0.15) is 21.7 Å². The molecule has 2 aromatic rings. The number of amides is 1. The first kappa shape index (κ1) is 32.0. The molecular formula is C23H25F6N3O6S. The fourth-order valence-electron chi connectivity index (χ4n) is 3.86. The number of thiophene rings is 1. The van der Waals surface area contributed by atoms with Gasteiger partial charge in [-0.3, -0.25) is 14.7 Å². The van der Waals surface area contributed by atoms with Gasteiger partial charge in [0.15, 0.2) is 0 Å². The third-order valence-corrected chi connectivity index (χ3v) is 6.32. The molecule has 1 amide bonds. The summed E-state index contributed by atoms with van der Waals surface area (Å²) in [7, 11) is 0. The number of aryl methyl sites for hydroxylation is 1. The monoisotopic (exact) mass is 585 g/mol. The lowest BCUT2D eigenvalue weighted by molar-refractivity contribution is -0.193. The Labute approximate surface area is 222 Å². The van der Waals surface area contributed by atoms with Crippen molar-refractivity contribution >= 4 is 29.2 Å². The predicted molar refractivity (Wildman–Crippen MR) is 125 cm³/mol. The van der Waals surface area contributed by atoms with Crippen LogP contribution in [0.5, 0.6) is 0 Å². The zero-order chi connectivity index (χ0) is 29.4. The van der Waals surface area contributed by atoms with E-state index < -0.39 is 24.3 Å². The first-order valence-corrected chi connectivity index (χ1v) is 12.2. The van der Waals surface area contributed by atoms with Crippen molar-refractivity contribution in [3.8, 4) is 0 Å². The number of likely N-dealkylation sites (tertiary alicyclic amines) is 1. The van der Waals surface area contributed by atoms with Gasteiger partial charge in [0.2, 0.25) is 0 Å². The number of pyridine rings is 1. The Bertz CT molecular complexity index is 1090. The smallest absolute Gasteiger partial charge is 0.475 e. The van der Waals surface area contributed by atoms with Gasteiger partial charge in [-0.1, -0.05) is 6.07 Å². The van der Waals surface area contributed by atoms with Crippen LogP contribution in [0.25, 0.3) is 0 Å². The molecule has 2 aliphatic heterocycles. The number of alkyl halides is 6. The second-order valence-electron chi connectivity index (χ2n) is 8.59. The highest BCUT2D eigenvalue weighted by atomic mass is 32.1. The highest BCUT2D eigenvalue weighted by Gasteiger charge is 2.43. The van der Waals surface area contributed by atoms with Crippen LogP contribution >= 0.6 is 11.3 Å². The molecule has 0 spiro atoms. The summed E-state index contributed by atoms with van der Waals surface area (Å²) in [6.07, 6.45) is -9.88. The summed E-state index contributed by atoms with van der Waals surface area (Å²) in [4.78, 5) is 36.9. The fraction of sp³-hybridized carbons (Fsp3) is 0.478. The fourth-order valence-corrected chi connectivity index (χ4v) is 4.49. The summed E-state index contributed by atoms with van der Waals surface area (Å²) in [6.45, 7) is 6.29. The molecule has 16 heteroatoms. The number of carbonyl (C=O) groups is 3. The van der Waals surface area contributed by atoms with E-state index in [-0.39, 0.29) is 12.0 Å². The van der Waals surface area contributed by atoms with Crippen molar-refractivity contribution in [2.45, 2.75) is 31.9 Å². The number of rotatable bonds is 5. The van der Waals surface area contributed by atoms with Gasteiger partial charge < -0.3 is 20.3 Å². The zero-order valence-electron chi connectivity index (χ0n) is 20.3. The maximum Gasteiger partial charge on any atom is 0.490 e. The molecule has 216 valence electrons. The summed E-state index contributed by atoms with van der Waals surface area (Å²) < 4.78 is 69.5. The van der Waals surface area contributed by atoms with Crippen molar-refractivity contribution in [3.05, 3.63) is 52.0 Å². The minimum Gasteiger partial charge on any atom is -0.475 e. The van der Waals surface area contributed by atoms with Crippen LogP contribution in [0.15, 0.2) is 35.0 Å². The average molecular weight is 586 g/mol. The molecule has 2 aromatic heterocycles. The van der Waals surface area contributed by atoms with Crippen molar-refractivity contribution < 1.29 is 55.7 Å².